The molecule has 3 aromatic rings. The number of nitrogens with one attached hydrogen (secondary N) is 1. The molecule has 0 unspecified atom stereocenters. The highest BCUT2D eigenvalue weighted by Crippen LogP contribution is 2.20. The zero-order chi connectivity index (χ0) is 15.5. The summed E-state index contributed by atoms with van der Waals surface area (Å²) in [6.45, 7) is 3.49. The minimum absolute atomic E-state index is 0.181. The van der Waals surface area contributed by atoms with Crippen LogP contribution in [0.25, 0.3) is 11.0 Å². The predicted molar refractivity (Wildman–Crippen MR) is 85.0 cm³/mol. The van der Waals surface area contributed by atoms with Gasteiger partial charge in [0.15, 0.2) is 0 Å². The average Bonchev–Trinajstić information content (AvgIpc) is 2.92. The van der Waals surface area contributed by atoms with Crippen LogP contribution in [0.1, 0.15) is 15.2 Å². The summed E-state index contributed by atoms with van der Waals surface area (Å²) in [5.41, 5.74) is 1.74. The third-order valence-corrected chi connectivity index (χ3v) is 3.22. The quantitative estimate of drug-likeness (QED) is 0.754. The van der Waals surface area contributed by atoms with Crippen molar-refractivity contribution >= 4 is 28.8 Å². The number of rotatable bonds is 3. The molecular formula is C17H13N3O2. The van der Waals surface area contributed by atoms with E-state index < -0.39 is 0 Å². The van der Waals surface area contributed by atoms with Gasteiger partial charge in [0.25, 0.3) is 11.8 Å². The van der Waals surface area contributed by atoms with Crippen LogP contribution < -0.4 is 5.32 Å². The van der Waals surface area contributed by atoms with Crippen molar-refractivity contribution in [2.75, 3.05) is 5.32 Å². The van der Waals surface area contributed by atoms with E-state index in [0.717, 1.165) is 0 Å². The number of fused-ring (bicyclic) bond motifs is 1. The van der Waals surface area contributed by atoms with Gasteiger partial charge >= 0.3 is 0 Å². The van der Waals surface area contributed by atoms with Gasteiger partial charge in [-0.3, -0.25) is 14.9 Å². The molecule has 0 fully saturated rings. The van der Waals surface area contributed by atoms with Crippen LogP contribution in [-0.4, -0.2) is 21.4 Å². The Hall–Kier alpha value is -3.21. The number of imidazole rings is 1. The zero-order valence-electron chi connectivity index (χ0n) is 11.7. The van der Waals surface area contributed by atoms with Crippen molar-refractivity contribution in [3.05, 3.63) is 72.8 Å². The van der Waals surface area contributed by atoms with Gasteiger partial charge in [-0.05, 0) is 30.3 Å². The lowest BCUT2D eigenvalue weighted by atomic mass is 10.2. The summed E-state index contributed by atoms with van der Waals surface area (Å²) in [7, 11) is 0. The standard InChI is InChI=1S/C17H13N3O2/c1-2-15(21)20-14-11-7-6-10-13(14)18-17(20)19-16(22)12-8-4-3-5-9-12/h2-11H,1H2,(H,18,19,22). The van der Waals surface area contributed by atoms with E-state index in [9.17, 15) is 9.59 Å². The number of amides is 1. The summed E-state index contributed by atoms with van der Waals surface area (Å²) in [4.78, 5) is 28.6. The minimum atomic E-state index is -0.350. The maximum atomic E-state index is 12.3. The van der Waals surface area contributed by atoms with Crippen LogP contribution in [0.5, 0.6) is 0 Å². The summed E-state index contributed by atoms with van der Waals surface area (Å²) in [6.07, 6.45) is 1.19. The average molecular weight is 291 g/mol. The van der Waals surface area contributed by atoms with Gasteiger partial charge < -0.3 is 0 Å². The minimum Gasteiger partial charge on any atom is -0.291 e. The second-order valence-corrected chi connectivity index (χ2v) is 4.62. The van der Waals surface area contributed by atoms with Gasteiger partial charge in [0.2, 0.25) is 5.95 Å². The number of aromatic nitrogens is 2. The molecule has 0 bridgehead atoms. The van der Waals surface area contributed by atoms with Crippen molar-refractivity contribution in [3.8, 4) is 0 Å². The number of nitrogens with zero attached hydrogens (tertiary/aromatic N) is 2. The number of carbonyl (C=O) groups excluding carboxylic acids is 2. The van der Waals surface area contributed by atoms with E-state index in [-0.39, 0.29) is 17.8 Å². The summed E-state index contributed by atoms with van der Waals surface area (Å²) in [6, 6.07) is 15.9. The topological polar surface area (TPSA) is 64.0 Å². The Morgan fingerprint density at radius 3 is 2.45 bits per heavy atom. The van der Waals surface area contributed by atoms with E-state index in [1.54, 1.807) is 42.5 Å². The van der Waals surface area contributed by atoms with E-state index >= 15 is 0 Å². The summed E-state index contributed by atoms with van der Waals surface area (Å²) < 4.78 is 1.34. The van der Waals surface area contributed by atoms with Gasteiger partial charge in [0, 0.05) is 5.56 Å². The van der Waals surface area contributed by atoms with E-state index in [1.807, 2.05) is 12.1 Å². The SMILES string of the molecule is C=CC(=O)n1c(NC(=O)c2ccccc2)nc2ccccc21. The lowest BCUT2D eigenvalue weighted by molar-refractivity contribution is 0.0975. The van der Waals surface area contributed by atoms with Gasteiger partial charge in [-0.25, -0.2) is 9.55 Å². The largest absolute Gasteiger partial charge is 0.291 e. The van der Waals surface area contributed by atoms with Crippen LogP contribution in [0.15, 0.2) is 67.3 Å². The zero-order valence-corrected chi connectivity index (χ0v) is 11.7. The molecule has 0 radical (unpaired) electrons. The van der Waals surface area contributed by atoms with Crippen molar-refractivity contribution in [1.29, 1.82) is 0 Å². The number of benzene rings is 2. The summed E-state index contributed by atoms with van der Waals surface area (Å²) in [5.74, 6) is -0.494. The fraction of sp³-hybridized carbons (Fsp3) is 0. The van der Waals surface area contributed by atoms with E-state index in [2.05, 4.69) is 16.9 Å². The van der Waals surface area contributed by atoms with E-state index in [1.165, 1.54) is 10.6 Å². The molecule has 1 aromatic heterocycles. The lowest BCUT2D eigenvalue weighted by Gasteiger charge is -2.06. The van der Waals surface area contributed by atoms with Crippen molar-refractivity contribution in [2.24, 2.45) is 0 Å². The maximum absolute atomic E-state index is 12.3. The first-order chi connectivity index (χ1) is 10.7. The number of allylic oxidation sites excluding steroid dienone is 1. The molecule has 0 saturated heterocycles. The van der Waals surface area contributed by atoms with Gasteiger partial charge in [-0.2, -0.15) is 0 Å². The molecule has 0 aliphatic carbocycles. The highest BCUT2D eigenvalue weighted by molar-refractivity contribution is 6.07. The number of para-hydroxylation sites is 2. The monoisotopic (exact) mass is 291 g/mol. The fourth-order valence-electron chi connectivity index (χ4n) is 2.19. The van der Waals surface area contributed by atoms with Crippen molar-refractivity contribution in [1.82, 2.24) is 9.55 Å². The molecule has 5 nitrogen and oxygen atoms in total. The lowest BCUT2D eigenvalue weighted by Crippen LogP contribution is -2.18. The molecule has 2 aromatic carbocycles. The molecule has 0 aliphatic heterocycles. The number of anilines is 1. The number of hydrogen-bond donors (Lipinski definition) is 1. The van der Waals surface area contributed by atoms with E-state index in [4.69, 9.17) is 0 Å². The van der Waals surface area contributed by atoms with Crippen LogP contribution in [0, 0.1) is 0 Å². The predicted octanol–water partition coefficient (Wildman–Crippen LogP) is 3.11. The highest BCUT2D eigenvalue weighted by Gasteiger charge is 2.17. The highest BCUT2D eigenvalue weighted by atomic mass is 16.2. The van der Waals surface area contributed by atoms with Crippen LogP contribution in [-0.2, 0) is 0 Å². The van der Waals surface area contributed by atoms with Crippen LogP contribution >= 0.6 is 0 Å². The maximum Gasteiger partial charge on any atom is 0.257 e. The Morgan fingerprint density at radius 1 is 1.05 bits per heavy atom. The first kappa shape index (κ1) is 13.8. The third-order valence-electron chi connectivity index (χ3n) is 3.22. The molecule has 1 heterocycles. The third kappa shape index (κ3) is 2.40. The Bertz CT molecular complexity index is 866. The van der Waals surface area contributed by atoms with Crippen molar-refractivity contribution in [2.45, 2.75) is 0 Å². The normalized spacial score (nSPS) is 10.4. The molecule has 1 amide bonds. The molecule has 0 atom stereocenters. The molecular weight excluding hydrogens is 278 g/mol. The van der Waals surface area contributed by atoms with Crippen LogP contribution in [0.2, 0.25) is 0 Å². The van der Waals surface area contributed by atoms with Gasteiger partial charge in [0.1, 0.15) is 0 Å². The molecule has 0 aliphatic rings. The molecule has 3 rings (SSSR count). The molecule has 5 heteroatoms. The van der Waals surface area contributed by atoms with Gasteiger partial charge in [-0.1, -0.05) is 36.9 Å². The van der Waals surface area contributed by atoms with E-state index in [0.29, 0.717) is 16.6 Å². The second kappa shape index (κ2) is 5.65. The summed E-state index contributed by atoms with van der Waals surface area (Å²) in [5, 5.41) is 2.68. The Balaban J connectivity index is 2.05. The van der Waals surface area contributed by atoms with Crippen molar-refractivity contribution < 1.29 is 9.59 Å². The Kier molecular flexibility index (Phi) is 3.53. The fourth-order valence-corrected chi connectivity index (χ4v) is 2.19. The first-order valence-electron chi connectivity index (χ1n) is 6.71. The summed E-state index contributed by atoms with van der Waals surface area (Å²) >= 11 is 0. The van der Waals surface area contributed by atoms with Crippen LogP contribution in [0.3, 0.4) is 0 Å². The van der Waals surface area contributed by atoms with Gasteiger partial charge in [0.05, 0.1) is 11.0 Å². The second-order valence-electron chi connectivity index (χ2n) is 4.62. The first-order valence-corrected chi connectivity index (χ1v) is 6.71. The van der Waals surface area contributed by atoms with Crippen molar-refractivity contribution in [3.63, 3.8) is 0 Å². The smallest absolute Gasteiger partial charge is 0.257 e. The Morgan fingerprint density at radius 2 is 1.73 bits per heavy atom. The number of carbonyl (C=O) groups is 2. The molecule has 108 valence electrons. The molecule has 1 N–H and O–H groups in total. The Labute approximate surface area is 126 Å². The molecule has 0 saturated carbocycles. The molecule has 0 spiro atoms. The van der Waals surface area contributed by atoms with Crippen LogP contribution in [0.4, 0.5) is 5.95 Å². The number of hydrogen-bond acceptors (Lipinski definition) is 3. The van der Waals surface area contributed by atoms with Gasteiger partial charge in [-0.15, -0.1) is 0 Å². The molecule has 22 heavy (non-hydrogen) atoms.